The second kappa shape index (κ2) is 7.70. The van der Waals surface area contributed by atoms with Crippen molar-refractivity contribution in [3.8, 4) is 0 Å². The topological polar surface area (TPSA) is 57.6 Å². The van der Waals surface area contributed by atoms with Gasteiger partial charge in [0.1, 0.15) is 0 Å². The van der Waals surface area contributed by atoms with Gasteiger partial charge in [0, 0.05) is 24.5 Å². The molecule has 2 aromatic carbocycles. The number of carboxylic acid groups (broad SMARTS) is 1. The minimum atomic E-state index is -0.936. The summed E-state index contributed by atoms with van der Waals surface area (Å²) >= 11 is 5.87. The minimum Gasteiger partial charge on any atom is -0.478 e. The predicted molar refractivity (Wildman–Crippen MR) is 96.9 cm³/mol. The monoisotopic (exact) mass is 357 g/mol. The van der Waals surface area contributed by atoms with Gasteiger partial charge in [-0.15, -0.1) is 0 Å². The van der Waals surface area contributed by atoms with Gasteiger partial charge in [-0.25, -0.2) is 4.79 Å². The Labute approximate surface area is 152 Å². The van der Waals surface area contributed by atoms with Crippen molar-refractivity contribution in [2.45, 2.75) is 32.2 Å². The van der Waals surface area contributed by atoms with Gasteiger partial charge in [0.2, 0.25) is 5.91 Å². The number of rotatable bonds is 5. The lowest BCUT2D eigenvalue weighted by Crippen LogP contribution is -2.36. The van der Waals surface area contributed by atoms with E-state index in [1.807, 2.05) is 35.2 Å². The normalized spacial score (nSPS) is 13.4. The third kappa shape index (κ3) is 4.40. The average Bonchev–Trinajstić information content (AvgIpc) is 2.62. The zero-order valence-corrected chi connectivity index (χ0v) is 14.6. The van der Waals surface area contributed by atoms with E-state index in [2.05, 4.69) is 0 Å². The molecule has 130 valence electrons. The lowest BCUT2D eigenvalue weighted by molar-refractivity contribution is -0.132. The Bertz CT molecular complexity index is 786. The van der Waals surface area contributed by atoms with Crippen LogP contribution in [0.4, 0.5) is 0 Å². The van der Waals surface area contributed by atoms with Crippen LogP contribution in [0.15, 0.2) is 42.5 Å². The molecule has 0 radical (unpaired) electrons. The smallest absolute Gasteiger partial charge is 0.335 e. The summed E-state index contributed by atoms with van der Waals surface area (Å²) in [6, 6.07) is 12.9. The Balaban J connectivity index is 1.55. The van der Waals surface area contributed by atoms with Crippen molar-refractivity contribution in [1.82, 2.24) is 4.90 Å². The highest BCUT2D eigenvalue weighted by Crippen LogP contribution is 2.21. The molecule has 0 fully saturated rings. The fraction of sp³-hybridized carbons (Fsp3) is 0.300. The number of nitrogens with zero attached hydrogens (tertiary/aromatic N) is 1. The molecule has 0 bridgehead atoms. The van der Waals surface area contributed by atoms with Gasteiger partial charge >= 0.3 is 5.97 Å². The molecule has 0 saturated carbocycles. The van der Waals surface area contributed by atoms with Crippen LogP contribution in [-0.4, -0.2) is 28.4 Å². The zero-order chi connectivity index (χ0) is 17.8. The maximum absolute atomic E-state index is 12.5. The van der Waals surface area contributed by atoms with E-state index >= 15 is 0 Å². The van der Waals surface area contributed by atoms with Gasteiger partial charge in [0.25, 0.3) is 0 Å². The summed E-state index contributed by atoms with van der Waals surface area (Å²) in [5, 5.41) is 9.83. The third-order valence-corrected chi connectivity index (χ3v) is 4.84. The van der Waals surface area contributed by atoms with Crippen LogP contribution in [0.2, 0.25) is 5.02 Å². The summed E-state index contributed by atoms with van der Waals surface area (Å²) in [5.41, 5.74) is 3.52. The molecule has 4 nitrogen and oxygen atoms in total. The van der Waals surface area contributed by atoms with E-state index in [-0.39, 0.29) is 11.5 Å². The van der Waals surface area contributed by atoms with E-state index in [9.17, 15) is 9.59 Å². The van der Waals surface area contributed by atoms with Crippen LogP contribution in [0.3, 0.4) is 0 Å². The van der Waals surface area contributed by atoms with Crippen molar-refractivity contribution in [3.63, 3.8) is 0 Å². The van der Waals surface area contributed by atoms with Crippen molar-refractivity contribution in [2.24, 2.45) is 0 Å². The number of amides is 1. The van der Waals surface area contributed by atoms with Crippen LogP contribution in [0.1, 0.15) is 39.9 Å². The van der Waals surface area contributed by atoms with Gasteiger partial charge < -0.3 is 10.0 Å². The molecule has 3 rings (SSSR count). The molecule has 2 aromatic rings. The van der Waals surface area contributed by atoms with Crippen LogP contribution in [0.5, 0.6) is 0 Å². The van der Waals surface area contributed by atoms with E-state index in [4.69, 9.17) is 16.7 Å². The summed E-state index contributed by atoms with van der Waals surface area (Å²) in [5.74, 6) is -0.811. The van der Waals surface area contributed by atoms with E-state index in [0.29, 0.717) is 24.5 Å². The Morgan fingerprint density at radius 1 is 1.08 bits per heavy atom. The first kappa shape index (κ1) is 17.5. The zero-order valence-electron chi connectivity index (χ0n) is 13.9. The van der Waals surface area contributed by atoms with Gasteiger partial charge in [0.05, 0.1) is 5.56 Å². The maximum Gasteiger partial charge on any atom is 0.335 e. The standard InChI is InChI=1S/C20H20ClNO3/c21-18-8-4-14(5-9-18)2-1-3-19(23)22-11-10-15-6-7-16(20(24)25)12-17(15)13-22/h4-9,12H,1-3,10-11,13H2,(H,24,25). The number of carbonyl (C=O) groups is 2. The first-order chi connectivity index (χ1) is 12.0. The number of fused-ring (bicyclic) bond motifs is 1. The fourth-order valence-corrected chi connectivity index (χ4v) is 3.28. The second-order valence-corrected chi connectivity index (χ2v) is 6.77. The van der Waals surface area contributed by atoms with Gasteiger partial charge in [-0.3, -0.25) is 4.79 Å². The Morgan fingerprint density at radius 3 is 2.56 bits per heavy atom. The van der Waals surface area contributed by atoms with Crippen molar-refractivity contribution >= 4 is 23.5 Å². The van der Waals surface area contributed by atoms with Crippen LogP contribution in [-0.2, 0) is 24.2 Å². The predicted octanol–water partition coefficient (Wildman–Crippen LogP) is 3.95. The van der Waals surface area contributed by atoms with Gasteiger partial charge in [-0.05, 0) is 60.2 Å². The number of halogens is 1. The average molecular weight is 358 g/mol. The van der Waals surface area contributed by atoms with Gasteiger partial charge in [-0.1, -0.05) is 29.8 Å². The number of aromatic carboxylic acids is 1. The van der Waals surface area contributed by atoms with Crippen LogP contribution in [0.25, 0.3) is 0 Å². The largest absolute Gasteiger partial charge is 0.478 e. The second-order valence-electron chi connectivity index (χ2n) is 6.33. The highest BCUT2D eigenvalue weighted by atomic mass is 35.5. The summed E-state index contributed by atoms with van der Waals surface area (Å²) in [4.78, 5) is 25.4. The minimum absolute atomic E-state index is 0.125. The van der Waals surface area contributed by atoms with Gasteiger partial charge in [-0.2, -0.15) is 0 Å². The first-order valence-electron chi connectivity index (χ1n) is 8.40. The van der Waals surface area contributed by atoms with Crippen molar-refractivity contribution in [2.75, 3.05) is 6.54 Å². The molecule has 1 aliphatic rings. The Morgan fingerprint density at radius 2 is 1.84 bits per heavy atom. The number of hydrogen-bond acceptors (Lipinski definition) is 2. The molecule has 0 aromatic heterocycles. The Kier molecular flexibility index (Phi) is 5.39. The Hall–Kier alpha value is -2.33. The number of hydrogen-bond donors (Lipinski definition) is 1. The van der Waals surface area contributed by atoms with Crippen LogP contribution < -0.4 is 0 Å². The van der Waals surface area contributed by atoms with Crippen molar-refractivity contribution < 1.29 is 14.7 Å². The van der Waals surface area contributed by atoms with Gasteiger partial charge in [0.15, 0.2) is 0 Å². The lowest BCUT2D eigenvalue weighted by atomic mass is 9.97. The highest BCUT2D eigenvalue weighted by molar-refractivity contribution is 6.30. The molecule has 0 aliphatic carbocycles. The van der Waals surface area contributed by atoms with E-state index in [1.165, 1.54) is 5.56 Å². The molecule has 25 heavy (non-hydrogen) atoms. The van der Waals surface area contributed by atoms with Crippen LogP contribution in [0, 0.1) is 0 Å². The van der Waals surface area contributed by atoms with Crippen molar-refractivity contribution in [3.05, 3.63) is 69.7 Å². The first-order valence-corrected chi connectivity index (χ1v) is 8.78. The fourth-order valence-electron chi connectivity index (χ4n) is 3.16. The summed E-state index contributed by atoms with van der Waals surface area (Å²) in [6.07, 6.45) is 2.91. The molecule has 0 atom stereocenters. The van der Waals surface area contributed by atoms with E-state index in [0.717, 1.165) is 30.4 Å². The molecule has 0 spiro atoms. The maximum atomic E-state index is 12.5. The number of carbonyl (C=O) groups excluding carboxylic acids is 1. The number of benzene rings is 2. The molecular formula is C20H20ClNO3. The molecule has 0 saturated heterocycles. The highest BCUT2D eigenvalue weighted by Gasteiger charge is 2.21. The third-order valence-electron chi connectivity index (χ3n) is 4.59. The summed E-state index contributed by atoms with van der Waals surface area (Å²) in [7, 11) is 0. The molecular weight excluding hydrogens is 338 g/mol. The molecule has 5 heteroatoms. The molecule has 1 aliphatic heterocycles. The quantitative estimate of drug-likeness (QED) is 0.881. The molecule has 1 heterocycles. The molecule has 1 N–H and O–H groups in total. The summed E-state index contributed by atoms with van der Waals surface area (Å²) < 4.78 is 0. The van der Waals surface area contributed by atoms with Crippen molar-refractivity contribution in [1.29, 1.82) is 0 Å². The lowest BCUT2D eigenvalue weighted by Gasteiger charge is -2.29. The molecule has 0 unspecified atom stereocenters. The summed E-state index contributed by atoms with van der Waals surface area (Å²) in [6.45, 7) is 1.19. The number of aryl methyl sites for hydroxylation is 1. The molecule has 1 amide bonds. The SMILES string of the molecule is O=C(O)c1ccc2c(c1)CN(C(=O)CCCc1ccc(Cl)cc1)CC2. The van der Waals surface area contributed by atoms with Crippen LogP contribution >= 0.6 is 11.6 Å². The number of carboxylic acids is 1. The van der Waals surface area contributed by atoms with E-state index in [1.54, 1.807) is 12.1 Å². The van der Waals surface area contributed by atoms with E-state index < -0.39 is 5.97 Å².